The summed E-state index contributed by atoms with van der Waals surface area (Å²) in [5.74, 6) is 5.38. The number of nitrogens with zero attached hydrogens (tertiary/aromatic N) is 7. The predicted octanol–water partition coefficient (Wildman–Crippen LogP) is 3.18. The summed E-state index contributed by atoms with van der Waals surface area (Å²) in [6.07, 6.45) is 8.59. The van der Waals surface area contributed by atoms with E-state index in [1.807, 2.05) is 25.4 Å². The fraction of sp³-hybridized carbons (Fsp3) is 0.222. The van der Waals surface area contributed by atoms with Gasteiger partial charge in [-0.25, -0.2) is 9.37 Å². The van der Waals surface area contributed by atoms with Crippen molar-refractivity contribution in [2.75, 3.05) is 5.73 Å². The maximum atomic E-state index is 15.2. The Labute approximate surface area is 211 Å². The van der Waals surface area contributed by atoms with E-state index in [1.165, 1.54) is 6.07 Å². The normalized spacial score (nSPS) is 13.1. The standard InChI is InChI=1S/C27H23FN8O/c1-34-14-17(12-31-34)4-3-16-5-6-18(30-11-16)15-36(19-7-8-19)27(37)20-9-21-24(10-23(20)28)33-26(29)22-13-32-35(2)25(21)22/h5-6,9-14,19H,7-8,15H2,1-2H3,(H2,29,33). The van der Waals surface area contributed by atoms with Crippen LogP contribution in [-0.2, 0) is 20.6 Å². The van der Waals surface area contributed by atoms with Gasteiger partial charge in [-0.3, -0.25) is 19.1 Å². The predicted molar refractivity (Wildman–Crippen MR) is 137 cm³/mol. The van der Waals surface area contributed by atoms with Crippen LogP contribution >= 0.6 is 0 Å². The van der Waals surface area contributed by atoms with Crippen molar-refractivity contribution in [1.29, 1.82) is 0 Å². The molecule has 0 radical (unpaired) electrons. The summed E-state index contributed by atoms with van der Waals surface area (Å²) in [5, 5.41) is 9.65. The number of nitrogen functional groups attached to an aromatic ring is 1. The first-order chi connectivity index (χ1) is 17.9. The van der Waals surface area contributed by atoms with Gasteiger partial charge in [0.05, 0.1) is 52.2 Å². The van der Waals surface area contributed by atoms with Crippen molar-refractivity contribution in [3.63, 3.8) is 0 Å². The van der Waals surface area contributed by atoms with Gasteiger partial charge in [-0.05, 0) is 31.0 Å². The quantitative estimate of drug-likeness (QED) is 0.385. The van der Waals surface area contributed by atoms with Crippen LogP contribution in [0.2, 0.25) is 0 Å². The lowest BCUT2D eigenvalue weighted by Gasteiger charge is -2.22. The first-order valence-corrected chi connectivity index (χ1v) is 11.8. The second kappa shape index (κ2) is 8.71. The third-order valence-corrected chi connectivity index (χ3v) is 6.49. The van der Waals surface area contributed by atoms with E-state index in [1.54, 1.807) is 46.0 Å². The molecular weight excluding hydrogens is 471 g/mol. The molecule has 1 fully saturated rings. The van der Waals surface area contributed by atoms with Gasteiger partial charge in [-0.15, -0.1) is 0 Å². The molecule has 184 valence electrons. The van der Waals surface area contributed by atoms with E-state index in [9.17, 15) is 4.79 Å². The number of halogens is 1. The van der Waals surface area contributed by atoms with Gasteiger partial charge in [0.2, 0.25) is 0 Å². The summed E-state index contributed by atoms with van der Waals surface area (Å²) < 4.78 is 18.6. The summed E-state index contributed by atoms with van der Waals surface area (Å²) >= 11 is 0. The molecule has 9 nitrogen and oxygen atoms in total. The number of carbonyl (C=O) groups is 1. The van der Waals surface area contributed by atoms with Gasteiger partial charge >= 0.3 is 0 Å². The molecule has 10 heteroatoms. The SMILES string of the molecule is Cn1cc(C#Cc2ccc(CN(C(=O)c3cc4c(cc3F)nc(N)c3cnn(C)c34)C3CC3)nc2)cn1. The minimum Gasteiger partial charge on any atom is -0.383 e. The lowest BCUT2D eigenvalue weighted by Crippen LogP contribution is -2.33. The number of hydrogen-bond donors (Lipinski definition) is 1. The molecule has 6 rings (SSSR count). The highest BCUT2D eigenvalue weighted by atomic mass is 19.1. The van der Waals surface area contributed by atoms with E-state index in [0.29, 0.717) is 27.5 Å². The third-order valence-electron chi connectivity index (χ3n) is 6.49. The fourth-order valence-corrected chi connectivity index (χ4v) is 4.45. The molecule has 0 aliphatic heterocycles. The molecule has 1 aromatic carbocycles. The minimum absolute atomic E-state index is 0.00701. The van der Waals surface area contributed by atoms with E-state index in [0.717, 1.165) is 24.0 Å². The molecule has 1 saturated carbocycles. The number of anilines is 1. The molecule has 1 aliphatic rings. The smallest absolute Gasteiger partial charge is 0.257 e. The Bertz CT molecular complexity index is 1740. The first kappa shape index (κ1) is 22.7. The van der Waals surface area contributed by atoms with E-state index in [2.05, 4.69) is 32.0 Å². The van der Waals surface area contributed by atoms with Gasteiger partial charge in [0.25, 0.3) is 5.91 Å². The number of amides is 1. The van der Waals surface area contributed by atoms with E-state index in [-0.39, 0.29) is 29.9 Å². The van der Waals surface area contributed by atoms with Crippen LogP contribution < -0.4 is 5.73 Å². The molecular formula is C27H23FN8O. The molecule has 0 unspecified atom stereocenters. The van der Waals surface area contributed by atoms with Crippen molar-refractivity contribution in [1.82, 2.24) is 34.4 Å². The minimum atomic E-state index is -0.634. The topological polar surface area (TPSA) is 108 Å². The summed E-state index contributed by atoms with van der Waals surface area (Å²) in [6, 6.07) is 6.59. The van der Waals surface area contributed by atoms with E-state index >= 15 is 4.39 Å². The Morgan fingerprint density at radius 2 is 1.92 bits per heavy atom. The first-order valence-electron chi connectivity index (χ1n) is 11.8. The average molecular weight is 495 g/mol. The Morgan fingerprint density at radius 1 is 1.11 bits per heavy atom. The van der Waals surface area contributed by atoms with E-state index in [4.69, 9.17) is 5.73 Å². The lowest BCUT2D eigenvalue weighted by molar-refractivity contribution is 0.0723. The van der Waals surface area contributed by atoms with Gasteiger partial charge in [-0.1, -0.05) is 11.8 Å². The summed E-state index contributed by atoms with van der Waals surface area (Å²) in [7, 11) is 3.61. The number of pyridine rings is 2. The monoisotopic (exact) mass is 494 g/mol. The van der Waals surface area contributed by atoms with Gasteiger partial charge in [0.1, 0.15) is 11.6 Å². The van der Waals surface area contributed by atoms with Gasteiger partial charge in [0.15, 0.2) is 0 Å². The van der Waals surface area contributed by atoms with Crippen molar-refractivity contribution in [3.05, 3.63) is 77.3 Å². The van der Waals surface area contributed by atoms with Gasteiger partial charge in [0, 0.05) is 49.5 Å². The number of carbonyl (C=O) groups excluding carboxylic acids is 1. The van der Waals surface area contributed by atoms with Gasteiger partial charge < -0.3 is 10.6 Å². The van der Waals surface area contributed by atoms with Crippen LogP contribution in [0.4, 0.5) is 10.2 Å². The maximum absolute atomic E-state index is 15.2. The molecule has 0 atom stereocenters. The van der Waals surface area contributed by atoms with Crippen LogP contribution in [0.15, 0.2) is 49.1 Å². The Hall–Kier alpha value is -4.78. The molecule has 2 N–H and O–H groups in total. The number of rotatable bonds is 4. The summed E-state index contributed by atoms with van der Waals surface area (Å²) in [6.45, 7) is 0.276. The zero-order chi connectivity index (χ0) is 25.7. The highest BCUT2D eigenvalue weighted by molar-refractivity contribution is 6.10. The highest BCUT2D eigenvalue weighted by Gasteiger charge is 2.34. The molecule has 1 aliphatic carbocycles. The molecule has 37 heavy (non-hydrogen) atoms. The van der Waals surface area contributed by atoms with Crippen LogP contribution in [-0.4, -0.2) is 46.4 Å². The van der Waals surface area contributed by atoms with Crippen LogP contribution in [0.1, 0.15) is 40.0 Å². The molecule has 4 aromatic heterocycles. The summed E-state index contributed by atoms with van der Waals surface area (Å²) in [4.78, 5) is 24.1. The maximum Gasteiger partial charge on any atom is 0.257 e. The Balaban J connectivity index is 1.29. The van der Waals surface area contributed by atoms with E-state index < -0.39 is 5.82 Å². The number of benzene rings is 1. The third kappa shape index (κ3) is 4.25. The second-order valence-corrected chi connectivity index (χ2v) is 9.23. The average Bonchev–Trinajstić information content (AvgIpc) is 3.52. The number of nitrogens with two attached hydrogens (primary N) is 1. The van der Waals surface area contributed by atoms with Crippen molar-refractivity contribution < 1.29 is 9.18 Å². The van der Waals surface area contributed by atoms with Crippen molar-refractivity contribution >= 4 is 33.5 Å². The number of fused-ring (bicyclic) bond motifs is 3. The Kier molecular flexibility index (Phi) is 5.34. The zero-order valence-corrected chi connectivity index (χ0v) is 20.3. The molecule has 5 aromatic rings. The molecule has 0 saturated heterocycles. The molecule has 1 amide bonds. The van der Waals surface area contributed by atoms with Crippen LogP contribution in [0, 0.1) is 17.7 Å². The van der Waals surface area contributed by atoms with Gasteiger partial charge in [-0.2, -0.15) is 10.2 Å². The molecule has 0 spiro atoms. The number of aromatic nitrogens is 6. The summed E-state index contributed by atoms with van der Waals surface area (Å²) in [5.41, 5.74) is 9.40. The second-order valence-electron chi connectivity index (χ2n) is 9.23. The van der Waals surface area contributed by atoms with Crippen molar-refractivity contribution in [3.8, 4) is 11.8 Å². The van der Waals surface area contributed by atoms with Crippen LogP contribution in [0.5, 0.6) is 0 Å². The number of hydrogen-bond acceptors (Lipinski definition) is 6. The largest absolute Gasteiger partial charge is 0.383 e. The highest BCUT2D eigenvalue weighted by Crippen LogP contribution is 2.33. The molecule has 4 heterocycles. The van der Waals surface area contributed by atoms with Crippen LogP contribution in [0.3, 0.4) is 0 Å². The molecule has 0 bridgehead atoms. The number of aryl methyl sites for hydroxylation is 2. The van der Waals surface area contributed by atoms with Crippen molar-refractivity contribution in [2.24, 2.45) is 14.1 Å². The zero-order valence-electron chi connectivity index (χ0n) is 20.3. The van der Waals surface area contributed by atoms with Crippen LogP contribution in [0.25, 0.3) is 21.8 Å². The Morgan fingerprint density at radius 3 is 2.62 bits per heavy atom. The fourth-order valence-electron chi connectivity index (χ4n) is 4.45. The van der Waals surface area contributed by atoms with Crippen molar-refractivity contribution in [2.45, 2.75) is 25.4 Å². The lowest BCUT2D eigenvalue weighted by atomic mass is 10.1.